The normalized spacial score (nSPS) is 14.4. The van der Waals surface area contributed by atoms with Crippen molar-refractivity contribution in [2.75, 3.05) is 19.8 Å². The smallest absolute Gasteiger partial charge is 0.227 e. The second kappa shape index (κ2) is 8.57. The minimum Gasteiger partial charge on any atom is -0.486 e. The molecule has 0 saturated carbocycles. The van der Waals surface area contributed by atoms with Gasteiger partial charge in [-0.15, -0.1) is 0 Å². The average Bonchev–Trinajstić information content (AvgIpc) is 2.55. The Morgan fingerprint density at radius 1 is 1.26 bits per heavy atom. The number of carbonyl (C=O) groups excluding carboxylic acids is 1. The van der Waals surface area contributed by atoms with Crippen LogP contribution in [0, 0.1) is 0 Å². The molecule has 23 heavy (non-hydrogen) atoms. The third kappa shape index (κ3) is 4.63. The standard InChI is InChI=1S/C18H26BrNO3/c1-4-6-7-20(13(3)5-2)18(21)11-14-10-16-17(12-15(14)19)23-9-8-22-16/h10,12-13H,4-9,11H2,1-3H3. The number of benzene rings is 1. The number of halogens is 1. The molecular weight excluding hydrogens is 358 g/mol. The van der Waals surface area contributed by atoms with E-state index < -0.39 is 0 Å². The molecule has 1 amide bonds. The summed E-state index contributed by atoms with van der Waals surface area (Å²) in [7, 11) is 0. The molecule has 1 aromatic carbocycles. The molecule has 1 aliphatic heterocycles. The third-order valence-corrected chi connectivity index (χ3v) is 4.99. The van der Waals surface area contributed by atoms with Crippen LogP contribution in [0.5, 0.6) is 11.5 Å². The van der Waals surface area contributed by atoms with Gasteiger partial charge in [0.25, 0.3) is 0 Å². The lowest BCUT2D eigenvalue weighted by atomic mass is 10.1. The predicted molar refractivity (Wildman–Crippen MR) is 95.2 cm³/mol. The average molecular weight is 384 g/mol. The Morgan fingerprint density at radius 2 is 1.91 bits per heavy atom. The molecule has 1 unspecified atom stereocenters. The van der Waals surface area contributed by atoms with Crippen LogP contribution in [-0.2, 0) is 11.2 Å². The van der Waals surface area contributed by atoms with Gasteiger partial charge in [-0.1, -0.05) is 36.2 Å². The lowest BCUT2D eigenvalue weighted by molar-refractivity contribution is -0.132. The zero-order chi connectivity index (χ0) is 16.8. The van der Waals surface area contributed by atoms with Gasteiger partial charge in [0.2, 0.25) is 5.91 Å². The number of nitrogens with zero attached hydrogens (tertiary/aromatic N) is 1. The van der Waals surface area contributed by atoms with E-state index in [9.17, 15) is 4.79 Å². The van der Waals surface area contributed by atoms with Crippen molar-refractivity contribution in [1.82, 2.24) is 4.90 Å². The first-order chi connectivity index (χ1) is 11.1. The Morgan fingerprint density at radius 3 is 2.52 bits per heavy atom. The van der Waals surface area contributed by atoms with Crippen LogP contribution in [0.15, 0.2) is 16.6 Å². The van der Waals surface area contributed by atoms with E-state index in [-0.39, 0.29) is 11.9 Å². The summed E-state index contributed by atoms with van der Waals surface area (Å²) in [5.74, 6) is 1.64. The predicted octanol–water partition coefficient (Wildman–Crippen LogP) is 4.19. The maximum Gasteiger partial charge on any atom is 0.227 e. The number of fused-ring (bicyclic) bond motifs is 1. The second-order valence-corrected chi connectivity index (χ2v) is 6.82. The van der Waals surface area contributed by atoms with Crippen LogP contribution < -0.4 is 9.47 Å². The van der Waals surface area contributed by atoms with Gasteiger partial charge in [0, 0.05) is 17.1 Å². The Hall–Kier alpha value is -1.23. The zero-order valence-corrected chi connectivity index (χ0v) is 15.8. The summed E-state index contributed by atoms with van der Waals surface area (Å²) >= 11 is 3.55. The van der Waals surface area contributed by atoms with E-state index in [0.29, 0.717) is 19.6 Å². The van der Waals surface area contributed by atoms with Crippen molar-refractivity contribution in [2.24, 2.45) is 0 Å². The van der Waals surface area contributed by atoms with E-state index in [1.807, 2.05) is 17.0 Å². The Labute approximate surface area is 147 Å². The van der Waals surface area contributed by atoms with Gasteiger partial charge in [-0.2, -0.15) is 0 Å². The minimum absolute atomic E-state index is 0.171. The highest BCUT2D eigenvalue weighted by atomic mass is 79.9. The molecule has 2 rings (SSSR count). The first kappa shape index (κ1) is 18.1. The Kier molecular flexibility index (Phi) is 6.75. The third-order valence-electron chi connectivity index (χ3n) is 4.25. The van der Waals surface area contributed by atoms with Crippen LogP contribution in [0.1, 0.15) is 45.6 Å². The van der Waals surface area contributed by atoms with Gasteiger partial charge in [0.1, 0.15) is 13.2 Å². The molecule has 0 radical (unpaired) electrons. The van der Waals surface area contributed by atoms with Crippen molar-refractivity contribution in [1.29, 1.82) is 0 Å². The Bertz CT molecular complexity index is 547. The van der Waals surface area contributed by atoms with Crippen LogP contribution in [0.3, 0.4) is 0 Å². The molecule has 128 valence electrons. The number of hydrogen-bond acceptors (Lipinski definition) is 3. The summed E-state index contributed by atoms with van der Waals surface area (Å²) in [6.07, 6.45) is 3.48. The van der Waals surface area contributed by atoms with Gasteiger partial charge in [0.05, 0.1) is 6.42 Å². The quantitative estimate of drug-likeness (QED) is 0.708. The molecule has 1 atom stereocenters. The topological polar surface area (TPSA) is 38.8 Å². The number of hydrogen-bond donors (Lipinski definition) is 0. The molecule has 0 N–H and O–H groups in total. The van der Waals surface area contributed by atoms with Gasteiger partial charge in [-0.25, -0.2) is 0 Å². The number of carbonyl (C=O) groups is 1. The van der Waals surface area contributed by atoms with Crippen molar-refractivity contribution in [3.8, 4) is 11.5 Å². The van der Waals surface area contributed by atoms with E-state index in [1.54, 1.807) is 0 Å². The molecular formula is C18H26BrNO3. The molecule has 5 heteroatoms. The molecule has 0 fully saturated rings. The number of unbranched alkanes of at least 4 members (excludes halogenated alkanes) is 1. The van der Waals surface area contributed by atoms with E-state index in [1.165, 1.54) is 0 Å². The van der Waals surface area contributed by atoms with Crippen LogP contribution in [0.2, 0.25) is 0 Å². The molecule has 1 aromatic rings. The number of amides is 1. The molecule has 0 saturated heterocycles. The lowest BCUT2D eigenvalue weighted by Crippen LogP contribution is -2.40. The van der Waals surface area contributed by atoms with Gasteiger partial charge in [-0.3, -0.25) is 4.79 Å². The summed E-state index contributed by atoms with van der Waals surface area (Å²) in [4.78, 5) is 14.8. The molecule has 0 bridgehead atoms. The van der Waals surface area contributed by atoms with E-state index in [2.05, 4.69) is 36.7 Å². The van der Waals surface area contributed by atoms with Crippen LogP contribution in [0.4, 0.5) is 0 Å². The summed E-state index contributed by atoms with van der Waals surface area (Å²) in [5.41, 5.74) is 0.948. The van der Waals surface area contributed by atoms with Crippen molar-refractivity contribution in [3.63, 3.8) is 0 Å². The van der Waals surface area contributed by atoms with Gasteiger partial charge in [-0.05, 0) is 37.5 Å². The van der Waals surface area contributed by atoms with Crippen LogP contribution in [0.25, 0.3) is 0 Å². The highest BCUT2D eigenvalue weighted by Crippen LogP contribution is 2.35. The van der Waals surface area contributed by atoms with E-state index in [4.69, 9.17) is 9.47 Å². The van der Waals surface area contributed by atoms with Gasteiger partial charge < -0.3 is 14.4 Å². The zero-order valence-electron chi connectivity index (χ0n) is 14.2. The number of ether oxygens (including phenoxy) is 2. The van der Waals surface area contributed by atoms with Crippen molar-refractivity contribution >= 4 is 21.8 Å². The van der Waals surface area contributed by atoms with Crippen molar-refractivity contribution < 1.29 is 14.3 Å². The lowest BCUT2D eigenvalue weighted by Gasteiger charge is -2.29. The SMILES string of the molecule is CCCCN(C(=O)Cc1cc2c(cc1Br)OCCO2)C(C)CC. The maximum absolute atomic E-state index is 12.8. The first-order valence-electron chi connectivity index (χ1n) is 8.44. The second-order valence-electron chi connectivity index (χ2n) is 5.96. The first-order valence-corrected chi connectivity index (χ1v) is 9.23. The summed E-state index contributed by atoms with van der Waals surface area (Å²) in [6.45, 7) is 8.33. The summed E-state index contributed by atoms with van der Waals surface area (Å²) < 4.78 is 12.1. The fourth-order valence-electron chi connectivity index (χ4n) is 2.65. The molecule has 0 spiro atoms. The van der Waals surface area contributed by atoms with Crippen molar-refractivity contribution in [2.45, 2.75) is 52.5 Å². The highest BCUT2D eigenvalue weighted by Gasteiger charge is 2.21. The minimum atomic E-state index is 0.171. The molecule has 0 aliphatic carbocycles. The largest absolute Gasteiger partial charge is 0.486 e. The molecule has 0 aromatic heterocycles. The maximum atomic E-state index is 12.8. The monoisotopic (exact) mass is 383 g/mol. The fraction of sp³-hybridized carbons (Fsp3) is 0.611. The Balaban J connectivity index is 2.14. The summed E-state index contributed by atoms with van der Waals surface area (Å²) in [5, 5.41) is 0. The highest BCUT2D eigenvalue weighted by molar-refractivity contribution is 9.10. The number of rotatable bonds is 7. The molecule has 1 heterocycles. The van der Waals surface area contributed by atoms with E-state index >= 15 is 0 Å². The summed E-state index contributed by atoms with van der Waals surface area (Å²) in [6, 6.07) is 4.09. The van der Waals surface area contributed by atoms with Crippen molar-refractivity contribution in [3.05, 3.63) is 22.2 Å². The van der Waals surface area contributed by atoms with Crippen LogP contribution in [-0.4, -0.2) is 36.6 Å². The molecule has 1 aliphatic rings. The molecule has 4 nitrogen and oxygen atoms in total. The van der Waals surface area contributed by atoms with E-state index in [0.717, 1.165) is 47.3 Å². The van der Waals surface area contributed by atoms with Gasteiger partial charge in [0.15, 0.2) is 11.5 Å². The van der Waals surface area contributed by atoms with Gasteiger partial charge >= 0.3 is 0 Å². The fourth-order valence-corrected chi connectivity index (χ4v) is 3.11. The van der Waals surface area contributed by atoms with Crippen LogP contribution >= 0.6 is 15.9 Å².